The van der Waals surface area contributed by atoms with Crippen LogP contribution in [0, 0.1) is 11.3 Å². The molecule has 0 aromatic heterocycles. The lowest BCUT2D eigenvalue weighted by atomic mass is 9.94. The van der Waals surface area contributed by atoms with Gasteiger partial charge in [0.1, 0.15) is 0 Å². The highest BCUT2D eigenvalue weighted by atomic mass is 32.2. The van der Waals surface area contributed by atoms with Gasteiger partial charge in [0.05, 0.1) is 0 Å². The van der Waals surface area contributed by atoms with Gasteiger partial charge >= 0.3 is 0 Å². The van der Waals surface area contributed by atoms with Crippen LogP contribution in [-0.2, 0) is 4.79 Å². The molecular formula is C12H24OS. The van der Waals surface area contributed by atoms with E-state index in [9.17, 15) is 4.79 Å². The molecule has 0 radical (unpaired) electrons. The van der Waals surface area contributed by atoms with Crippen molar-refractivity contribution in [2.75, 3.05) is 5.75 Å². The predicted molar refractivity (Wildman–Crippen MR) is 65.6 cm³/mol. The summed E-state index contributed by atoms with van der Waals surface area (Å²) in [5.41, 5.74) is 0.348. The third-order valence-electron chi connectivity index (χ3n) is 2.42. The van der Waals surface area contributed by atoms with Crippen molar-refractivity contribution < 1.29 is 4.79 Å². The van der Waals surface area contributed by atoms with Gasteiger partial charge in [-0.15, -0.1) is 0 Å². The Morgan fingerprint density at radius 2 is 1.71 bits per heavy atom. The molecule has 0 heterocycles. The Morgan fingerprint density at radius 1 is 1.21 bits per heavy atom. The highest BCUT2D eigenvalue weighted by molar-refractivity contribution is 8.13. The summed E-state index contributed by atoms with van der Waals surface area (Å²) < 4.78 is 0. The number of rotatable bonds is 5. The lowest BCUT2D eigenvalue weighted by molar-refractivity contribution is -0.114. The van der Waals surface area contributed by atoms with Gasteiger partial charge in [0.2, 0.25) is 0 Å². The first-order chi connectivity index (χ1) is 6.40. The Hall–Kier alpha value is 0.0200. The molecule has 0 spiro atoms. The first-order valence-corrected chi connectivity index (χ1v) is 6.56. The maximum absolute atomic E-state index is 11.7. The fraction of sp³-hybridized carbons (Fsp3) is 0.917. The maximum atomic E-state index is 11.7. The van der Waals surface area contributed by atoms with Crippen molar-refractivity contribution in [1.82, 2.24) is 0 Å². The van der Waals surface area contributed by atoms with Gasteiger partial charge in [0.25, 0.3) is 0 Å². The molecule has 0 aromatic carbocycles. The minimum Gasteiger partial charge on any atom is -0.287 e. The minimum atomic E-state index is 0.278. The molecule has 0 saturated heterocycles. The summed E-state index contributed by atoms with van der Waals surface area (Å²) in [6.45, 7) is 10.8. The Kier molecular flexibility index (Phi) is 6.50. The van der Waals surface area contributed by atoms with Gasteiger partial charge < -0.3 is 0 Å². The highest BCUT2D eigenvalue weighted by Gasteiger charge is 2.16. The Bertz CT molecular complexity index is 166. The quantitative estimate of drug-likeness (QED) is 0.687. The highest BCUT2D eigenvalue weighted by Crippen LogP contribution is 2.24. The lowest BCUT2D eigenvalue weighted by Gasteiger charge is -2.18. The van der Waals surface area contributed by atoms with E-state index in [1.807, 2.05) is 0 Å². The molecule has 0 amide bonds. The van der Waals surface area contributed by atoms with Crippen molar-refractivity contribution in [3.63, 3.8) is 0 Å². The van der Waals surface area contributed by atoms with E-state index in [1.165, 1.54) is 11.8 Å². The third-order valence-corrected chi connectivity index (χ3v) is 3.44. The lowest BCUT2D eigenvalue weighted by Crippen LogP contribution is -2.12. The van der Waals surface area contributed by atoms with E-state index in [0.717, 1.165) is 25.0 Å². The fourth-order valence-electron chi connectivity index (χ4n) is 1.20. The number of thioether (sulfide) groups is 1. The van der Waals surface area contributed by atoms with Crippen LogP contribution in [0.5, 0.6) is 0 Å². The molecule has 0 unspecified atom stereocenters. The van der Waals surface area contributed by atoms with Gasteiger partial charge in [-0.1, -0.05) is 46.4 Å². The summed E-state index contributed by atoms with van der Waals surface area (Å²) in [5.74, 6) is 1.25. The first-order valence-electron chi connectivity index (χ1n) is 5.57. The predicted octanol–water partition coefficient (Wildman–Crippen LogP) is 4.12. The van der Waals surface area contributed by atoms with Crippen LogP contribution in [0.4, 0.5) is 0 Å². The van der Waals surface area contributed by atoms with Crippen molar-refractivity contribution in [2.24, 2.45) is 11.3 Å². The minimum absolute atomic E-state index is 0.278. The van der Waals surface area contributed by atoms with Crippen LogP contribution in [-0.4, -0.2) is 10.9 Å². The number of hydrogen-bond acceptors (Lipinski definition) is 2. The number of carbonyl (C=O) groups is 1. The smallest absolute Gasteiger partial charge is 0.191 e. The van der Waals surface area contributed by atoms with Crippen molar-refractivity contribution in [2.45, 2.75) is 53.9 Å². The van der Waals surface area contributed by atoms with Crippen molar-refractivity contribution in [3.8, 4) is 0 Å². The Labute approximate surface area is 93.0 Å². The summed E-state index contributed by atoms with van der Waals surface area (Å²) in [6, 6.07) is 0. The summed E-state index contributed by atoms with van der Waals surface area (Å²) >= 11 is 1.52. The topological polar surface area (TPSA) is 17.1 Å². The SMILES string of the molecule is CCC(CC)C(=O)SCCC(C)(C)C. The van der Waals surface area contributed by atoms with Gasteiger partial charge in [-0.25, -0.2) is 0 Å². The van der Waals surface area contributed by atoms with E-state index in [-0.39, 0.29) is 5.92 Å². The van der Waals surface area contributed by atoms with E-state index in [2.05, 4.69) is 34.6 Å². The fourth-order valence-corrected chi connectivity index (χ4v) is 2.68. The van der Waals surface area contributed by atoms with Gasteiger partial charge in [-0.2, -0.15) is 0 Å². The molecule has 14 heavy (non-hydrogen) atoms. The Morgan fingerprint density at radius 3 is 2.07 bits per heavy atom. The summed E-state index contributed by atoms with van der Waals surface area (Å²) in [7, 11) is 0. The van der Waals surface area contributed by atoms with Crippen molar-refractivity contribution in [1.29, 1.82) is 0 Å². The molecule has 0 saturated carbocycles. The summed E-state index contributed by atoms with van der Waals surface area (Å²) in [6.07, 6.45) is 3.08. The largest absolute Gasteiger partial charge is 0.287 e. The van der Waals surface area contributed by atoms with Gasteiger partial charge in [0, 0.05) is 11.7 Å². The number of hydrogen-bond donors (Lipinski definition) is 0. The molecule has 1 nitrogen and oxygen atoms in total. The maximum Gasteiger partial charge on any atom is 0.191 e. The molecule has 0 aliphatic heterocycles. The molecule has 0 aliphatic rings. The zero-order valence-corrected chi connectivity index (χ0v) is 11.0. The second-order valence-electron chi connectivity index (χ2n) is 4.99. The van der Waals surface area contributed by atoms with Crippen molar-refractivity contribution in [3.05, 3.63) is 0 Å². The van der Waals surface area contributed by atoms with Gasteiger partial charge in [0.15, 0.2) is 5.12 Å². The molecule has 0 aliphatic carbocycles. The van der Waals surface area contributed by atoms with Crippen LogP contribution in [0.3, 0.4) is 0 Å². The summed E-state index contributed by atoms with van der Waals surface area (Å²) in [5, 5.41) is 0.388. The summed E-state index contributed by atoms with van der Waals surface area (Å²) in [4.78, 5) is 11.7. The first kappa shape index (κ1) is 14.0. The van der Waals surface area contributed by atoms with Gasteiger partial charge in [-0.05, 0) is 24.7 Å². The van der Waals surface area contributed by atoms with E-state index in [1.54, 1.807) is 0 Å². The third kappa shape index (κ3) is 6.47. The van der Waals surface area contributed by atoms with Crippen LogP contribution in [0.25, 0.3) is 0 Å². The van der Waals surface area contributed by atoms with E-state index in [0.29, 0.717) is 10.5 Å². The molecule has 0 atom stereocenters. The van der Waals surface area contributed by atoms with Crippen LogP contribution in [0.1, 0.15) is 53.9 Å². The number of carbonyl (C=O) groups excluding carboxylic acids is 1. The molecule has 0 fully saturated rings. The monoisotopic (exact) mass is 216 g/mol. The zero-order valence-electron chi connectivity index (χ0n) is 10.2. The van der Waals surface area contributed by atoms with Crippen LogP contribution >= 0.6 is 11.8 Å². The molecule has 0 aromatic rings. The molecule has 0 N–H and O–H groups in total. The molecule has 2 heteroatoms. The van der Waals surface area contributed by atoms with Gasteiger partial charge in [-0.3, -0.25) is 4.79 Å². The van der Waals surface area contributed by atoms with E-state index < -0.39 is 0 Å². The average Bonchev–Trinajstić information content (AvgIpc) is 2.04. The second kappa shape index (κ2) is 6.49. The normalized spacial score (nSPS) is 12.1. The van der Waals surface area contributed by atoms with Crippen LogP contribution < -0.4 is 0 Å². The van der Waals surface area contributed by atoms with Crippen LogP contribution in [0.15, 0.2) is 0 Å². The van der Waals surface area contributed by atoms with E-state index in [4.69, 9.17) is 0 Å². The average molecular weight is 216 g/mol. The second-order valence-corrected chi connectivity index (χ2v) is 6.09. The Balaban J connectivity index is 3.74. The van der Waals surface area contributed by atoms with E-state index >= 15 is 0 Å². The molecule has 84 valence electrons. The van der Waals surface area contributed by atoms with Crippen molar-refractivity contribution >= 4 is 16.9 Å². The molecule has 0 rings (SSSR count). The zero-order chi connectivity index (χ0) is 11.2. The molecule has 0 bridgehead atoms. The molecular weight excluding hydrogens is 192 g/mol. The van der Waals surface area contributed by atoms with Crippen LogP contribution in [0.2, 0.25) is 0 Å². The standard InChI is InChI=1S/C12H24OS/c1-6-10(7-2)11(13)14-9-8-12(3,4)5/h10H,6-9H2,1-5H3.